The minimum Gasteiger partial charge on any atom is -0.497 e. The van der Waals surface area contributed by atoms with Gasteiger partial charge in [-0.3, -0.25) is 4.79 Å². The standard InChI is InChI=1S/C13H20N2O2/c1-4-15(13(16)10(2)14)9-11-5-7-12(17-3)8-6-11/h5-8,10H,4,9,14H2,1-3H3/t10-/m0/s1. The van der Waals surface area contributed by atoms with E-state index in [0.29, 0.717) is 13.1 Å². The molecule has 0 unspecified atom stereocenters. The van der Waals surface area contributed by atoms with Gasteiger partial charge in [0.2, 0.25) is 5.91 Å². The molecular formula is C13H20N2O2. The van der Waals surface area contributed by atoms with E-state index >= 15 is 0 Å². The molecule has 1 atom stereocenters. The molecule has 4 heteroatoms. The van der Waals surface area contributed by atoms with E-state index in [1.807, 2.05) is 31.2 Å². The summed E-state index contributed by atoms with van der Waals surface area (Å²) < 4.78 is 5.09. The Morgan fingerprint density at radius 2 is 2.00 bits per heavy atom. The normalized spacial score (nSPS) is 12.0. The van der Waals surface area contributed by atoms with Crippen molar-refractivity contribution in [2.24, 2.45) is 5.73 Å². The zero-order valence-electron chi connectivity index (χ0n) is 10.6. The third-order valence-electron chi connectivity index (χ3n) is 2.62. The molecule has 0 spiro atoms. The fourth-order valence-corrected chi connectivity index (χ4v) is 1.58. The van der Waals surface area contributed by atoms with Crippen molar-refractivity contribution in [3.8, 4) is 5.75 Å². The number of nitrogens with zero attached hydrogens (tertiary/aromatic N) is 1. The van der Waals surface area contributed by atoms with Crippen molar-refractivity contribution < 1.29 is 9.53 Å². The minimum atomic E-state index is -0.451. The molecule has 0 aromatic heterocycles. The number of likely N-dealkylation sites (N-methyl/N-ethyl adjacent to an activating group) is 1. The van der Waals surface area contributed by atoms with Gasteiger partial charge in [0.15, 0.2) is 0 Å². The van der Waals surface area contributed by atoms with Gasteiger partial charge >= 0.3 is 0 Å². The highest BCUT2D eigenvalue weighted by Gasteiger charge is 2.15. The van der Waals surface area contributed by atoms with E-state index in [1.165, 1.54) is 0 Å². The second-order valence-corrected chi connectivity index (χ2v) is 3.99. The lowest BCUT2D eigenvalue weighted by molar-refractivity contribution is -0.132. The third kappa shape index (κ3) is 3.75. The zero-order chi connectivity index (χ0) is 12.8. The van der Waals surface area contributed by atoms with Crippen LogP contribution in [0, 0.1) is 0 Å². The highest BCUT2D eigenvalue weighted by atomic mass is 16.5. The monoisotopic (exact) mass is 236 g/mol. The Balaban J connectivity index is 2.70. The van der Waals surface area contributed by atoms with Crippen LogP contribution in [0.25, 0.3) is 0 Å². The van der Waals surface area contributed by atoms with Crippen LogP contribution < -0.4 is 10.5 Å². The van der Waals surface area contributed by atoms with E-state index < -0.39 is 6.04 Å². The fourth-order valence-electron chi connectivity index (χ4n) is 1.58. The van der Waals surface area contributed by atoms with Crippen LogP contribution >= 0.6 is 0 Å². The number of hydrogen-bond donors (Lipinski definition) is 1. The molecule has 0 aliphatic carbocycles. The van der Waals surface area contributed by atoms with Crippen molar-refractivity contribution in [3.05, 3.63) is 29.8 Å². The average Bonchev–Trinajstić information content (AvgIpc) is 2.35. The van der Waals surface area contributed by atoms with Crippen molar-refractivity contribution in [2.75, 3.05) is 13.7 Å². The number of benzene rings is 1. The molecule has 0 radical (unpaired) electrons. The molecule has 1 rings (SSSR count). The maximum atomic E-state index is 11.8. The molecule has 17 heavy (non-hydrogen) atoms. The summed E-state index contributed by atoms with van der Waals surface area (Å²) in [5, 5.41) is 0. The predicted octanol–water partition coefficient (Wildman–Crippen LogP) is 1.39. The Labute approximate surface area is 102 Å². The molecule has 0 aliphatic heterocycles. The summed E-state index contributed by atoms with van der Waals surface area (Å²) in [7, 11) is 1.63. The van der Waals surface area contributed by atoms with E-state index in [0.717, 1.165) is 11.3 Å². The van der Waals surface area contributed by atoms with Crippen LogP contribution in [0.15, 0.2) is 24.3 Å². The molecule has 1 aromatic carbocycles. The molecule has 0 heterocycles. The molecule has 2 N–H and O–H groups in total. The van der Waals surface area contributed by atoms with E-state index in [-0.39, 0.29) is 5.91 Å². The molecular weight excluding hydrogens is 216 g/mol. The largest absolute Gasteiger partial charge is 0.497 e. The summed E-state index contributed by atoms with van der Waals surface area (Å²) in [4.78, 5) is 13.5. The van der Waals surface area contributed by atoms with Crippen LogP contribution in [0.1, 0.15) is 19.4 Å². The number of ether oxygens (including phenoxy) is 1. The van der Waals surface area contributed by atoms with Crippen molar-refractivity contribution in [1.29, 1.82) is 0 Å². The topological polar surface area (TPSA) is 55.6 Å². The molecule has 0 fully saturated rings. The molecule has 1 amide bonds. The lowest BCUT2D eigenvalue weighted by atomic mass is 10.2. The van der Waals surface area contributed by atoms with E-state index in [9.17, 15) is 4.79 Å². The van der Waals surface area contributed by atoms with Gasteiger partial charge in [0.25, 0.3) is 0 Å². The number of hydrogen-bond acceptors (Lipinski definition) is 3. The zero-order valence-corrected chi connectivity index (χ0v) is 10.6. The number of amides is 1. The Hall–Kier alpha value is -1.55. The number of rotatable bonds is 5. The molecule has 94 valence electrons. The van der Waals surface area contributed by atoms with Gasteiger partial charge in [0.1, 0.15) is 5.75 Å². The van der Waals surface area contributed by atoms with Gasteiger partial charge in [-0.2, -0.15) is 0 Å². The molecule has 4 nitrogen and oxygen atoms in total. The summed E-state index contributed by atoms with van der Waals surface area (Å²) >= 11 is 0. The quantitative estimate of drug-likeness (QED) is 0.840. The first-order chi connectivity index (χ1) is 8.08. The molecule has 1 aromatic rings. The number of nitrogens with two attached hydrogens (primary N) is 1. The predicted molar refractivity (Wildman–Crippen MR) is 67.7 cm³/mol. The smallest absolute Gasteiger partial charge is 0.239 e. The SMILES string of the molecule is CCN(Cc1ccc(OC)cc1)C(=O)[C@H](C)N. The third-order valence-corrected chi connectivity index (χ3v) is 2.62. The second-order valence-electron chi connectivity index (χ2n) is 3.99. The first-order valence-corrected chi connectivity index (χ1v) is 5.75. The number of carbonyl (C=O) groups excluding carboxylic acids is 1. The Morgan fingerprint density at radius 1 is 1.41 bits per heavy atom. The van der Waals surface area contributed by atoms with Crippen LogP contribution in [0.4, 0.5) is 0 Å². The van der Waals surface area contributed by atoms with Crippen LogP contribution in [0.3, 0.4) is 0 Å². The van der Waals surface area contributed by atoms with Gasteiger partial charge in [0.05, 0.1) is 13.2 Å². The molecule has 0 bridgehead atoms. The van der Waals surface area contributed by atoms with E-state index in [2.05, 4.69) is 0 Å². The first-order valence-electron chi connectivity index (χ1n) is 5.75. The van der Waals surface area contributed by atoms with Crippen molar-refractivity contribution in [3.63, 3.8) is 0 Å². The van der Waals surface area contributed by atoms with Crippen LogP contribution in [-0.2, 0) is 11.3 Å². The maximum Gasteiger partial charge on any atom is 0.239 e. The van der Waals surface area contributed by atoms with Crippen molar-refractivity contribution in [2.45, 2.75) is 26.4 Å². The fraction of sp³-hybridized carbons (Fsp3) is 0.462. The van der Waals surface area contributed by atoms with Gasteiger partial charge < -0.3 is 15.4 Å². The summed E-state index contributed by atoms with van der Waals surface area (Å²) in [6.07, 6.45) is 0. The molecule has 0 saturated carbocycles. The summed E-state index contributed by atoms with van der Waals surface area (Å²) in [6.45, 7) is 4.90. The van der Waals surface area contributed by atoms with Gasteiger partial charge in [-0.05, 0) is 31.5 Å². The average molecular weight is 236 g/mol. The van der Waals surface area contributed by atoms with E-state index in [1.54, 1.807) is 18.9 Å². The number of carbonyl (C=O) groups is 1. The highest BCUT2D eigenvalue weighted by Crippen LogP contribution is 2.13. The summed E-state index contributed by atoms with van der Waals surface area (Å²) in [5.41, 5.74) is 6.67. The summed E-state index contributed by atoms with van der Waals surface area (Å²) in [5.74, 6) is 0.790. The van der Waals surface area contributed by atoms with Gasteiger partial charge in [-0.25, -0.2) is 0 Å². The second kappa shape index (κ2) is 6.25. The summed E-state index contributed by atoms with van der Waals surface area (Å²) in [6, 6.07) is 7.23. The Morgan fingerprint density at radius 3 is 2.41 bits per heavy atom. The maximum absolute atomic E-state index is 11.8. The van der Waals surface area contributed by atoms with Crippen LogP contribution in [0.2, 0.25) is 0 Å². The molecule has 0 saturated heterocycles. The van der Waals surface area contributed by atoms with Crippen molar-refractivity contribution >= 4 is 5.91 Å². The first kappa shape index (κ1) is 13.5. The highest BCUT2D eigenvalue weighted by molar-refractivity contribution is 5.81. The Bertz CT molecular complexity index is 360. The van der Waals surface area contributed by atoms with Gasteiger partial charge in [-0.15, -0.1) is 0 Å². The van der Waals surface area contributed by atoms with Gasteiger partial charge in [-0.1, -0.05) is 12.1 Å². The number of methoxy groups -OCH3 is 1. The minimum absolute atomic E-state index is 0.0247. The van der Waals surface area contributed by atoms with Crippen LogP contribution in [-0.4, -0.2) is 30.5 Å². The van der Waals surface area contributed by atoms with E-state index in [4.69, 9.17) is 10.5 Å². The van der Waals surface area contributed by atoms with Crippen molar-refractivity contribution in [1.82, 2.24) is 4.90 Å². The lowest BCUT2D eigenvalue weighted by Gasteiger charge is -2.22. The van der Waals surface area contributed by atoms with Gasteiger partial charge in [0, 0.05) is 13.1 Å². The lowest BCUT2D eigenvalue weighted by Crippen LogP contribution is -2.41. The Kier molecular flexibility index (Phi) is 4.97. The van der Waals surface area contributed by atoms with Crippen LogP contribution in [0.5, 0.6) is 5.75 Å². The molecule has 0 aliphatic rings.